The molecule has 4 aromatic rings. The molecule has 4 nitrogen and oxygen atoms in total. The smallest absolute Gasteiger partial charge is 0.180 e. The number of hydrogen-bond acceptors (Lipinski definition) is 5. The highest BCUT2D eigenvalue weighted by Crippen LogP contribution is 2.43. The number of benzene rings is 4. The number of ketones is 1. The predicted octanol–water partition coefficient (Wildman–Crippen LogP) is 8.15. The second kappa shape index (κ2) is 12.7. The lowest BCUT2D eigenvalue weighted by Gasteiger charge is -2.18. The maximum atomic E-state index is 13.6. The molecule has 9 heteroatoms. The van der Waals surface area contributed by atoms with Crippen LogP contribution in [0.5, 0.6) is 17.2 Å². The molecule has 184 valence electrons. The van der Waals surface area contributed by atoms with Gasteiger partial charge in [-0.2, -0.15) is 0 Å². The zero-order valence-electron chi connectivity index (χ0n) is 19.7. The lowest BCUT2D eigenvalue weighted by Crippen LogP contribution is -2.10. The van der Waals surface area contributed by atoms with Crippen molar-refractivity contribution in [1.82, 2.24) is 0 Å². The number of phenols is 1. The first-order chi connectivity index (χ1) is 17.9. The first kappa shape index (κ1) is 25.3. The number of Topliss-reactive ketones (excluding diaryl/α,β-unsaturated/α-hetero) is 1. The Morgan fingerprint density at radius 3 is 2.39 bits per heavy atom. The summed E-state index contributed by atoms with van der Waals surface area (Å²) in [6, 6.07) is 27.2. The van der Waals surface area contributed by atoms with E-state index < -0.39 is 18.6 Å². The van der Waals surface area contributed by atoms with E-state index >= 15 is 0 Å². The Kier molecular flexibility index (Phi) is 8.93. The van der Waals surface area contributed by atoms with Crippen molar-refractivity contribution in [3.05, 3.63) is 120 Å². The van der Waals surface area contributed by atoms with E-state index in [9.17, 15) is 14.3 Å². The number of carbonyl (C=O) groups is 1. The highest BCUT2D eigenvalue weighted by molar-refractivity contribution is 14.2. The molecule has 0 aromatic heterocycles. The number of phenolic OH excluding ortho intramolecular Hbond substituents is 1. The summed E-state index contributed by atoms with van der Waals surface area (Å²) < 4.78 is 32.4. The van der Waals surface area contributed by atoms with Crippen molar-refractivity contribution in [1.29, 1.82) is 1.28 Å². The van der Waals surface area contributed by atoms with E-state index in [0.29, 0.717) is 42.1 Å². The van der Waals surface area contributed by atoms with Gasteiger partial charge in [-0.3, -0.25) is 4.79 Å². The van der Waals surface area contributed by atoms with Crippen LogP contribution in [0.1, 0.15) is 26.7 Å². The van der Waals surface area contributed by atoms with Crippen LogP contribution in [-0.2, 0) is 14.1 Å². The number of thioether (sulfide) groups is 1. The average Bonchev–Trinajstić information content (AvgIpc) is 2.92. The van der Waals surface area contributed by atoms with Gasteiger partial charge < -0.3 is 14.0 Å². The topological polar surface area (TPSA) is 55.8 Å². The van der Waals surface area contributed by atoms with Crippen molar-refractivity contribution in [3.63, 3.8) is 0 Å². The molecule has 2 unspecified atom stereocenters. The molecule has 0 aliphatic rings. The Bertz CT molecular complexity index is 1390. The van der Waals surface area contributed by atoms with Gasteiger partial charge in [-0.15, -0.1) is 11.8 Å². The maximum Gasteiger partial charge on any atom is 0.180 e. The zero-order chi connectivity index (χ0) is 26.2. The molecule has 0 saturated heterocycles. The van der Waals surface area contributed by atoms with Gasteiger partial charge in [-0.25, -0.2) is 4.39 Å². The third-order valence-electron chi connectivity index (χ3n) is 5.14. The molecule has 0 aliphatic carbocycles. The van der Waals surface area contributed by atoms with Crippen LogP contribution in [-0.4, -0.2) is 12.2 Å². The van der Waals surface area contributed by atoms with E-state index in [0.717, 1.165) is 5.56 Å². The second-order valence-electron chi connectivity index (χ2n) is 7.63. The van der Waals surface area contributed by atoms with Crippen molar-refractivity contribution in [2.45, 2.75) is 16.8 Å². The minimum Gasteiger partial charge on any atom is -0.507 e. The van der Waals surface area contributed by atoms with E-state index in [4.69, 9.17) is 10.2 Å². The van der Waals surface area contributed by atoms with Gasteiger partial charge in [-0.1, -0.05) is 42.5 Å². The summed E-state index contributed by atoms with van der Waals surface area (Å²) in [6.45, 7) is 0.364. The molecule has 0 radical (unpaired) electrons. The Labute approximate surface area is 231 Å². The summed E-state index contributed by atoms with van der Waals surface area (Å²) in [5.41, 5.74) is 2.07. The van der Waals surface area contributed by atoms with E-state index in [1.807, 2.05) is 51.5 Å². The monoisotopic (exact) mass is 652 g/mol. The Hall–Kier alpha value is -2.39. The molecule has 0 fully saturated rings. The maximum absolute atomic E-state index is 13.6. The molecule has 0 aliphatic heterocycles. The standard InChI is InChI=1S/C27H21FIO4PS2/c28-21-10-6-20(7-11-21)27(26(31)19-8-12-22(13-9-19)33-36(29)34)35-25-15-14-23(16-24(25)30)32-17-18-4-2-1-3-5-18/h1-16,27,30,34H,17H2/i34T. The normalized spacial score (nSPS) is 13.0. The number of rotatable bonds is 10. The SMILES string of the molecule is [3H]P=S(I)Oc1ccc(C(=O)C(Sc2ccc(OCc3ccccc3)cc2O)c2ccc(F)cc2)cc1. The van der Waals surface area contributed by atoms with Crippen molar-refractivity contribution >= 4 is 54.2 Å². The average molecular weight is 652 g/mol. The number of aromatic hydroxyl groups is 1. The van der Waals surface area contributed by atoms with Crippen LogP contribution >= 0.6 is 40.9 Å². The van der Waals surface area contributed by atoms with Gasteiger partial charge in [0, 0.05) is 32.8 Å². The molecule has 1 N–H and O–H groups in total. The van der Waals surface area contributed by atoms with Crippen molar-refractivity contribution in [3.8, 4) is 17.2 Å². The summed E-state index contributed by atoms with van der Waals surface area (Å²) in [6.07, 6.45) is 0. The van der Waals surface area contributed by atoms with Crippen LogP contribution in [0, 0.1) is 5.82 Å². The summed E-state index contributed by atoms with van der Waals surface area (Å²) in [5, 5.41) is 10.00. The fourth-order valence-electron chi connectivity index (χ4n) is 3.37. The first-order valence-electron chi connectivity index (χ1n) is 11.2. The summed E-state index contributed by atoms with van der Waals surface area (Å²) in [7, 11) is -0.206. The highest BCUT2D eigenvalue weighted by atomic mass is 127. The van der Waals surface area contributed by atoms with Crippen LogP contribution in [0.2, 0.25) is 0 Å². The Morgan fingerprint density at radius 2 is 1.72 bits per heavy atom. The summed E-state index contributed by atoms with van der Waals surface area (Å²) in [4.78, 5) is 14.1. The van der Waals surface area contributed by atoms with E-state index in [-0.39, 0.29) is 11.5 Å². The number of carbonyl (C=O) groups excluding carboxylic acids is 1. The van der Waals surface area contributed by atoms with Crippen LogP contribution in [0.4, 0.5) is 4.39 Å². The van der Waals surface area contributed by atoms with Crippen molar-refractivity contribution in [2.75, 3.05) is 0 Å². The third kappa shape index (κ3) is 7.32. The van der Waals surface area contributed by atoms with E-state index in [1.54, 1.807) is 48.5 Å². The van der Waals surface area contributed by atoms with Crippen molar-refractivity contribution in [2.24, 2.45) is 0 Å². The van der Waals surface area contributed by atoms with Crippen LogP contribution in [0.25, 0.3) is 0 Å². The molecular formula is C27H21FIO4PS2. The summed E-state index contributed by atoms with van der Waals surface area (Å²) in [5.74, 6) is 0.477. The first-order valence-corrected chi connectivity index (χ1v) is 16.4. The van der Waals surface area contributed by atoms with Gasteiger partial charge in [0.15, 0.2) is 5.78 Å². The molecule has 0 bridgehead atoms. The van der Waals surface area contributed by atoms with Crippen molar-refractivity contribution < 1.29 is 23.2 Å². The van der Waals surface area contributed by atoms with Gasteiger partial charge in [0.05, 0.1) is 17.7 Å². The fourth-order valence-corrected chi connectivity index (χ4v) is 5.64. The largest absolute Gasteiger partial charge is 0.507 e. The Balaban J connectivity index is 1.55. The van der Waals surface area contributed by atoms with Gasteiger partial charge >= 0.3 is 0 Å². The molecule has 0 heterocycles. The number of hydrogen-bond donors (Lipinski definition) is 1. The second-order valence-corrected chi connectivity index (χ2v) is 14.8. The fraction of sp³-hybridized carbons (Fsp3) is 0.0741. The molecule has 2 atom stereocenters. The quantitative estimate of drug-likeness (QED) is 0.0812. The highest BCUT2D eigenvalue weighted by Gasteiger charge is 2.25. The van der Waals surface area contributed by atoms with Gasteiger partial charge in [-0.05, 0) is 67.6 Å². The van der Waals surface area contributed by atoms with Gasteiger partial charge in [0.1, 0.15) is 31.0 Å². The molecule has 4 rings (SSSR count). The lowest BCUT2D eigenvalue weighted by molar-refractivity contribution is 0.0989. The molecule has 36 heavy (non-hydrogen) atoms. The molecular weight excluding hydrogens is 629 g/mol. The Morgan fingerprint density at radius 1 is 1.03 bits per heavy atom. The molecule has 0 saturated carbocycles. The number of ether oxygens (including phenoxy) is 1. The minimum absolute atomic E-state index is 0.0112. The van der Waals surface area contributed by atoms with E-state index in [2.05, 4.69) is 0 Å². The van der Waals surface area contributed by atoms with Gasteiger partial charge in [0.25, 0.3) is 0 Å². The predicted molar refractivity (Wildman–Crippen MR) is 155 cm³/mol. The molecule has 0 spiro atoms. The molecule has 4 aromatic carbocycles. The van der Waals surface area contributed by atoms with Gasteiger partial charge in [0.2, 0.25) is 0 Å². The minimum atomic E-state index is -0.722. The van der Waals surface area contributed by atoms with Crippen LogP contribution in [0.3, 0.4) is 0 Å². The van der Waals surface area contributed by atoms with Crippen LogP contribution in [0.15, 0.2) is 102 Å². The summed E-state index contributed by atoms with van der Waals surface area (Å²) >= 11 is 3.23. The zero-order valence-corrected chi connectivity index (χ0v) is 23.4. The van der Waals surface area contributed by atoms with E-state index in [1.165, 1.54) is 30.0 Å². The molecule has 0 amide bonds. The number of halogens is 2. The third-order valence-corrected chi connectivity index (χ3v) is 7.55. The lowest BCUT2D eigenvalue weighted by atomic mass is 10.0. The van der Waals surface area contributed by atoms with Crippen LogP contribution < -0.4 is 8.92 Å².